The van der Waals surface area contributed by atoms with Gasteiger partial charge in [0, 0.05) is 12.6 Å². The molecule has 84 valence electrons. The second-order valence-corrected chi connectivity index (χ2v) is 4.31. The Bertz CT molecular complexity index is 284. The van der Waals surface area contributed by atoms with E-state index >= 15 is 0 Å². The van der Waals surface area contributed by atoms with Crippen LogP contribution < -0.4 is 5.32 Å². The number of likely N-dealkylation sites (N-methyl/N-ethyl adjacent to an activating group) is 1. The van der Waals surface area contributed by atoms with Crippen LogP contribution in [0.15, 0.2) is 22.8 Å². The van der Waals surface area contributed by atoms with E-state index in [0.29, 0.717) is 12.1 Å². The van der Waals surface area contributed by atoms with E-state index in [9.17, 15) is 0 Å². The minimum Gasteiger partial charge on any atom is -0.468 e. The molecular formula is C12H20N2O. The van der Waals surface area contributed by atoms with Crippen molar-refractivity contribution >= 4 is 0 Å². The van der Waals surface area contributed by atoms with Crippen LogP contribution in [0.25, 0.3) is 0 Å². The van der Waals surface area contributed by atoms with Crippen molar-refractivity contribution in [3.8, 4) is 0 Å². The van der Waals surface area contributed by atoms with Gasteiger partial charge in [-0.2, -0.15) is 0 Å². The zero-order valence-electron chi connectivity index (χ0n) is 9.57. The molecule has 1 aromatic rings. The number of nitrogens with one attached hydrogen (secondary N) is 1. The van der Waals surface area contributed by atoms with Crippen LogP contribution in [0, 0.1) is 0 Å². The molecule has 1 aromatic heterocycles. The van der Waals surface area contributed by atoms with Gasteiger partial charge in [-0.15, -0.1) is 0 Å². The predicted molar refractivity (Wildman–Crippen MR) is 60.8 cm³/mol. The van der Waals surface area contributed by atoms with Gasteiger partial charge in [0.25, 0.3) is 0 Å². The second-order valence-electron chi connectivity index (χ2n) is 4.31. The van der Waals surface area contributed by atoms with E-state index in [1.807, 2.05) is 13.1 Å². The van der Waals surface area contributed by atoms with Gasteiger partial charge in [-0.1, -0.05) is 0 Å². The molecular weight excluding hydrogens is 188 g/mol. The third-order valence-corrected chi connectivity index (χ3v) is 3.36. The molecule has 3 heteroatoms. The predicted octanol–water partition coefficient (Wildman–Crippen LogP) is 2.02. The monoisotopic (exact) mass is 208 g/mol. The summed E-state index contributed by atoms with van der Waals surface area (Å²) in [7, 11) is 2.05. The first-order chi connectivity index (χ1) is 7.31. The molecule has 1 N–H and O–H groups in total. The highest BCUT2D eigenvalue weighted by atomic mass is 16.3. The molecule has 0 aliphatic carbocycles. The molecule has 1 fully saturated rings. The van der Waals surface area contributed by atoms with Gasteiger partial charge in [0.05, 0.1) is 12.3 Å². The molecule has 0 saturated carbocycles. The van der Waals surface area contributed by atoms with E-state index in [0.717, 1.165) is 12.3 Å². The normalized spacial score (nSPS) is 25.3. The van der Waals surface area contributed by atoms with Crippen LogP contribution in [-0.4, -0.2) is 31.1 Å². The maximum Gasteiger partial charge on any atom is 0.120 e. The Hall–Kier alpha value is -0.800. The summed E-state index contributed by atoms with van der Waals surface area (Å²) in [6.45, 7) is 4.52. The van der Waals surface area contributed by atoms with E-state index in [4.69, 9.17) is 4.42 Å². The van der Waals surface area contributed by atoms with Crippen LogP contribution in [0.1, 0.15) is 31.6 Å². The maximum absolute atomic E-state index is 5.46. The van der Waals surface area contributed by atoms with Gasteiger partial charge in [0.2, 0.25) is 0 Å². The first kappa shape index (κ1) is 10.7. The standard InChI is InChI=1S/C12H20N2O/c1-10(12-6-4-8-15-12)14-7-3-5-11(9-14)13-2/h4,6,8,10-11,13H,3,5,7,9H2,1-2H3/t10-,11-/m1/s1. The molecule has 2 rings (SSSR count). The van der Waals surface area contributed by atoms with Crippen LogP contribution in [-0.2, 0) is 0 Å². The van der Waals surface area contributed by atoms with Crippen molar-refractivity contribution in [2.45, 2.75) is 31.8 Å². The van der Waals surface area contributed by atoms with Gasteiger partial charge in [-0.3, -0.25) is 4.90 Å². The van der Waals surface area contributed by atoms with E-state index in [1.165, 1.54) is 19.4 Å². The molecule has 0 aromatic carbocycles. The van der Waals surface area contributed by atoms with E-state index in [2.05, 4.69) is 23.2 Å². The Morgan fingerprint density at radius 2 is 2.47 bits per heavy atom. The first-order valence-electron chi connectivity index (χ1n) is 5.76. The Balaban J connectivity index is 1.98. The second kappa shape index (κ2) is 4.81. The molecule has 0 amide bonds. The highest BCUT2D eigenvalue weighted by Gasteiger charge is 2.24. The number of furan rings is 1. The van der Waals surface area contributed by atoms with Gasteiger partial charge < -0.3 is 9.73 Å². The lowest BCUT2D eigenvalue weighted by molar-refractivity contribution is 0.135. The molecule has 1 aliphatic rings. The third kappa shape index (κ3) is 2.41. The summed E-state index contributed by atoms with van der Waals surface area (Å²) < 4.78 is 5.46. The average molecular weight is 208 g/mol. The minimum absolute atomic E-state index is 0.399. The van der Waals surface area contributed by atoms with Crippen molar-refractivity contribution in [3.63, 3.8) is 0 Å². The van der Waals surface area contributed by atoms with E-state index < -0.39 is 0 Å². The van der Waals surface area contributed by atoms with Crippen LogP contribution in [0.5, 0.6) is 0 Å². The molecule has 0 spiro atoms. The molecule has 15 heavy (non-hydrogen) atoms. The molecule has 0 radical (unpaired) electrons. The Labute approximate surface area is 91.4 Å². The van der Waals surface area contributed by atoms with Gasteiger partial charge in [0.1, 0.15) is 5.76 Å². The van der Waals surface area contributed by atoms with Crippen molar-refractivity contribution in [2.75, 3.05) is 20.1 Å². The number of likely N-dealkylation sites (tertiary alicyclic amines) is 1. The summed E-state index contributed by atoms with van der Waals surface area (Å²) in [5.74, 6) is 1.08. The highest BCUT2D eigenvalue weighted by Crippen LogP contribution is 2.24. The summed E-state index contributed by atoms with van der Waals surface area (Å²) >= 11 is 0. The molecule has 3 nitrogen and oxygen atoms in total. The lowest BCUT2D eigenvalue weighted by Crippen LogP contribution is -2.45. The van der Waals surface area contributed by atoms with Crippen molar-refractivity contribution in [2.24, 2.45) is 0 Å². The molecule has 1 aliphatic heterocycles. The largest absolute Gasteiger partial charge is 0.468 e. The van der Waals surface area contributed by atoms with Crippen LogP contribution in [0.3, 0.4) is 0 Å². The van der Waals surface area contributed by atoms with E-state index in [-0.39, 0.29) is 0 Å². The zero-order chi connectivity index (χ0) is 10.7. The summed E-state index contributed by atoms with van der Waals surface area (Å²) in [5, 5.41) is 3.36. The van der Waals surface area contributed by atoms with Crippen molar-refractivity contribution in [1.82, 2.24) is 10.2 Å². The highest BCUT2D eigenvalue weighted by molar-refractivity contribution is 5.04. The number of piperidine rings is 1. The summed E-state index contributed by atoms with van der Waals surface area (Å²) in [6, 6.07) is 5.06. The Morgan fingerprint density at radius 3 is 3.13 bits per heavy atom. The fraction of sp³-hybridized carbons (Fsp3) is 0.667. The minimum atomic E-state index is 0.399. The molecule has 2 atom stereocenters. The molecule has 2 heterocycles. The average Bonchev–Trinajstić information content (AvgIpc) is 2.81. The fourth-order valence-corrected chi connectivity index (χ4v) is 2.30. The molecule has 1 saturated heterocycles. The fourth-order valence-electron chi connectivity index (χ4n) is 2.30. The Kier molecular flexibility index (Phi) is 3.44. The Morgan fingerprint density at radius 1 is 1.60 bits per heavy atom. The number of hydrogen-bond acceptors (Lipinski definition) is 3. The number of rotatable bonds is 3. The van der Waals surface area contributed by atoms with Crippen molar-refractivity contribution in [3.05, 3.63) is 24.2 Å². The van der Waals surface area contributed by atoms with E-state index in [1.54, 1.807) is 6.26 Å². The van der Waals surface area contributed by atoms with Gasteiger partial charge in [0.15, 0.2) is 0 Å². The number of nitrogens with zero attached hydrogens (tertiary/aromatic N) is 1. The number of hydrogen-bond donors (Lipinski definition) is 1. The van der Waals surface area contributed by atoms with Gasteiger partial charge >= 0.3 is 0 Å². The van der Waals surface area contributed by atoms with Crippen LogP contribution in [0.2, 0.25) is 0 Å². The quantitative estimate of drug-likeness (QED) is 0.824. The third-order valence-electron chi connectivity index (χ3n) is 3.36. The van der Waals surface area contributed by atoms with Crippen molar-refractivity contribution in [1.29, 1.82) is 0 Å². The smallest absolute Gasteiger partial charge is 0.120 e. The SMILES string of the molecule is CN[C@@H]1CCCN([C@H](C)c2ccco2)C1. The van der Waals surface area contributed by atoms with Crippen LogP contribution >= 0.6 is 0 Å². The molecule has 0 unspecified atom stereocenters. The van der Waals surface area contributed by atoms with Crippen LogP contribution in [0.4, 0.5) is 0 Å². The van der Waals surface area contributed by atoms with Gasteiger partial charge in [-0.05, 0) is 45.5 Å². The summed E-state index contributed by atoms with van der Waals surface area (Å²) in [6.07, 6.45) is 4.32. The zero-order valence-corrected chi connectivity index (χ0v) is 9.57. The lowest BCUT2D eigenvalue weighted by Gasteiger charge is -2.35. The first-order valence-corrected chi connectivity index (χ1v) is 5.76. The summed E-state index contributed by atoms with van der Waals surface area (Å²) in [4.78, 5) is 2.49. The molecule has 0 bridgehead atoms. The van der Waals surface area contributed by atoms with Crippen molar-refractivity contribution < 1.29 is 4.42 Å². The topological polar surface area (TPSA) is 28.4 Å². The maximum atomic E-state index is 5.46. The lowest BCUT2D eigenvalue weighted by atomic mass is 10.0. The summed E-state index contributed by atoms with van der Waals surface area (Å²) in [5.41, 5.74) is 0. The van der Waals surface area contributed by atoms with Gasteiger partial charge in [-0.25, -0.2) is 0 Å².